The van der Waals surface area contributed by atoms with Gasteiger partial charge in [-0.15, -0.1) is 0 Å². The summed E-state index contributed by atoms with van der Waals surface area (Å²) in [5.74, 6) is 1.26. The number of fused-ring (bicyclic) bond motifs is 1. The van der Waals surface area contributed by atoms with Crippen LogP contribution in [-0.2, 0) is 6.42 Å². The number of nitrogens with zero attached hydrogens (tertiary/aromatic N) is 1. The average Bonchev–Trinajstić information content (AvgIpc) is 2.72. The van der Waals surface area contributed by atoms with Gasteiger partial charge in [0.1, 0.15) is 5.75 Å². The molecule has 1 aliphatic heterocycles. The molecule has 0 radical (unpaired) electrons. The van der Waals surface area contributed by atoms with E-state index < -0.39 is 5.97 Å². The third-order valence-corrected chi connectivity index (χ3v) is 6.17. The van der Waals surface area contributed by atoms with Crippen molar-refractivity contribution in [3.63, 3.8) is 0 Å². The van der Waals surface area contributed by atoms with Gasteiger partial charge in [-0.25, -0.2) is 4.79 Å². The number of aromatic nitrogens is 1. The maximum absolute atomic E-state index is 11.4. The summed E-state index contributed by atoms with van der Waals surface area (Å²) in [5, 5.41) is 9.37. The van der Waals surface area contributed by atoms with Gasteiger partial charge in [-0.05, 0) is 72.8 Å². The molecule has 27 heavy (non-hydrogen) atoms. The molecule has 1 atom stereocenters. The maximum atomic E-state index is 11.4. The third kappa shape index (κ3) is 4.00. The fourth-order valence-electron chi connectivity index (χ4n) is 4.63. The van der Waals surface area contributed by atoms with Crippen LogP contribution in [-0.4, -0.2) is 22.7 Å². The number of carboxylic acid groups (broad SMARTS) is 1. The molecule has 0 spiro atoms. The molecule has 0 bridgehead atoms. The normalized spacial score (nSPS) is 19.9. The summed E-state index contributed by atoms with van der Waals surface area (Å²) in [4.78, 5) is 15.5. The van der Waals surface area contributed by atoms with Crippen molar-refractivity contribution < 1.29 is 14.6 Å². The van der Waals surface area contributed by atoms with Crippen LogP contribution in [0.3, 0.4) is 0 Å². The Bertz CT molecular complexity index is 811. The van der Waals surface area contributed by atoms with Gasteiger partial charge in [-0.3, -0.25) is 4.98 Å². The van der Waals surface area contributed by atoms with Gasteiger partial charge >= 0.3 is 5.97 Å². The first-order valence-corrected chi connectivity index (χ1v) is 10.1. The van der Waals surface area contributed by atoms with Gasteiger partial charge in [0.25, 0.3) is 0 Å². The zero-order chi connectivity index (χ0) is 18.6. The molecular formula is C23H27NO3. The molecule has 1 unspecified atom stereocenters. The van der Waals surface area contributed by atoms with E-state index in [1.54, 1.807) is 18.5 Å². The van der Waals surface area contributed by atoms with Crippen molar-refractivity contribution in [1.29, 1.82) is 0 Å². The molecule has 142 valence electrons. The second-order valence-corrected chi connectivity index (χ2v) is 7.84. The van der Waals surface area contributed by atoms with Crippen LogP contribution < -0.4 is 4.74 Å². The molecule has 2 aliphatic rings. The fraction of sp³-hybridized carbons (Fsp3) is 0.478. The lowest BCUT2D eigenvalue weighted by Gasteiger charge is -2.28. The Kier molecular flexibility index (Phi) is 5.42. The van der Waals surface area contributed by atoms with Gasteiger partial charge in [-0.1, -0.05) is 31.4 Å². The monoisotopic (exact) mass is 365 g/mol. The van der Waals surface area contributed by atoms with Crippen LogP contribution >= 0.6 is 0 Å². The highest BCUT2D eigenvalue weighted by Crippen LogP contribution is 2.40. The molecule has 4 heteroatoms. The Morgan fingerprint density at radius 1 is 1.15 bits per heavy atom. The van der Waals surface area contributed by atoms with E-state index in [-0.39, 0.29) is 0 Å². The summed E-state index contributed by atoms with van der Waals surface area (Å²) in [6.07, 6.45) is 12.5. The van der Waals surface area contributed by atoms with Crippen LogP contribution in [0.2, 0.25) is 0 Å². The first kappa shape index (κ1) is 18.0. The van der Waals surface area contributed by atoms with Crippen molar-refractivity contribution in [3.8, 4) is 5.75 Å². The van der Waals surface area contributed by atoms with Crippen molar-refractivity contribution in [3.05, 3.63) is 58.9 Å². The number of aromatic carboxylic acids is 1. The Labute approximate surface area is 160 Å². The summed E-state index contributed by atoms with van der Waals surface area (Å²) in [5.41, 5.74) is 3.89. The topological polar surface area (TPSA) is 59.4 Å². The molecule has 1 aliphatic carbocycles. The summed E-state index contributed by atoms with van der Waals surface area (Å²) >= 11 is 0. The van der Waals surface area contributed by atoms with E-state index in [1.165, 1.54) is 43.2 Å². The number of benzene rings is 1. The Balaban J connectivity index is 1.49. The molecular weight excluding hydrogens is 338 g/mol. The molecule has 1 saturated carbocycles. The van der Waals surface area contributed by atoms with Crippen LogP contribution in [0.5, 0.6) is 5.75 Å². The molecule has 2 heterocycles. The predicted octanol–water partition coefficient (Wildman–Crippen LogP) is 5.33. The standard InChI is InChI=1S/C23H27NO3/c25-23(26)21-10-12-24-15-19(21)7-6-17-11-13-27-22-14-18(8-9-20(17)22)16-4-2-1-3-5-16/h8-10,12,14-17H,1-7,11,13H2,(H,25,26). The molecule has 1 fully saturated rings. The van der Waals surface area contributed by atoms with E-state index in [9.17, 15) is 9.90 Å². The van der Waals surface area contributed by atoms with Crippen LogP contribution in [0, 0.1) is 0 Å². The predicted molar refractivity (Wildman–Crippen MR) is 105 cm³/mol. The van der Waals surface area contributed by atoms with E-state index in [4.69, 9.17) is 4.74 Å². The zero-order valence-electron chi connectivity index (χ0n) is 15.7. The van der Waals surface area contributed by atoms with Crippen molar-refractivity contribution >= 4 is 5.97 Å². The largest absolute Gasteiger partial charge is 0.493 e. The number of ether oxygens (including phenoxy) is 1. The Hall–Kier alpha value is -2.36. The van der Waals surface area contributed by atoms with E-state index in [0.29, 0.717) is 17.4 Å². The highest BCUT2D eigenvalue weighted by atomic mass is 16.5. The summed E-state index contributed by atoms with van der Waals surface area (Å²) in [6, 6.07) is 8.41. The van der Waals surface area contributed by atoms with E-state index in [0.717, 1.165) is 37.2 Å². The van der Waals surface area contributed by atoms with Crippen molar-refractivity contribution in [1.82, 2.24) is 4.98 Å². The summed E-state index contributed by atoms with van der Waals surface area (Å²) in [6.45, 7) is 0.741. The van der Waals surface area contributed by atoms with Gasteiger partial charge in [0.05, 0.1) is 12.2 Å². The van der Waals surface area contributed by atoms with E-state index in [1.807, 2.05) is 0 Å². The lowest BCUT2D eigenvalue weighted by Crippen LogP contribution is -2.16. The number of rotatable bonds is 5. The molecule has 0 saturated heterocycles. The lowest BCUT2D eigenvalue weighted by atomic mass is 9.81. The van der Waals surface area contributed by atoms with Gasteiger partial charge in [-0.2, -0.15) is 0 Å². The quantitative estimate of drug-likeness (QED) is 0.778. The van der Waals surface area contributed by atoms with Gasteiger partial charge in [0, 0.05) is 12.4 Å². The third-order valence-electron chi connectivity index (χ3n) is 6.17. The molecule has 2 aromatic rings. The fourth-order valence-corrected chi connectivity index (χ4v) is 4.63. The Morgan fingerprint density at radius 2 is 2.00 bits per heavy atom. The van der Waals surface area contributed by atoms with Crippen molar-refractivity contribution in [2.45, 2.75) is 63.2 Å². The summed E-state index contributed by atoms with van der Waals surface area (Å²) < 4.78 is 5.99. The second kappa shape index (κ2) is 8.12. The molecule has 4 rings (SSSR count). The highest BCUT2D eigenvalue weighted by Gasteiger charge is 2.24. The van der Waals surface area contributed by atoms with Crippen LogP contribution in [0.1, 0.15) is 83.8 Å². The maximum Gasteiger partial charge on any atom is 0.336 e. The van der Waals surface area contributed by atoms with Crippen LogP contribution in [0.15, 0.2) is 36.7 Å². The van der Waals surface area contributed by atoms with Crippen molar-refractivity contribution in [2.24, 2.45) is 0 Å². The second-order valence-electron chi connectivity index (χ2n) is 7.84. The van der Waals surface area contributed by atoms with Gasteiger partial charge in [0.2, 0.25) is 0 Å². The molecule has 1 aromatic heterocycles. The van der Waals surface area contributed by atoms with Crippen LogP contribution in [0.4, 0.5) is 0 Å². The highest BCUT2D eigenvalue weighted by molar-refractivity contribution is 5.89. The number of aryl methyl sites for hydroxylation is 1. The van der Waals surface area contributed by atoms with Crippen LogP contribution in [0.25, 0.3) is 0 Å². The molecule has 1 aromatic carbocycles. The number of hydrogen-bond acceptors (Lipinski definition) is 3. The average molecular weight is 365 g/mol. The molecule has 4 nitrogen and oxygen atoms in total. The lowest BCUT2D eigenvalue weighted by molar-refractivity contribution is 0.0695. The first-order valence-electron chi connectivity index (χ1n) is 10.1. The Morgan fingerprint density at radius 3 is 2.81 bits per heavy atom. The van der Waals surface area contributed by atoms with Gasteiger partial charge in [0.15, 0.2) is 0 Å². The smallest absolute Gasteiger partial charge is 0.336 e. The number of carbonyl (C=O) groups is 1. The van der Waals surface area contributed by atoms with Crippen molar-refractivity contribution in [2.75, 3.05) is 6.61 Å². The minimum Gasteiger partial charge on any atom is -0.493 e. The number of pyridine rings is 1. The first-order chi connectivity index (χ1) is 13.2. The SMILES string of the molecule is O=C(O)c1ccncc1CCC1CCOc2cc(C3CCCCC3)ccc21. The number of hydrogen-bond donors (Lipinski definition) is 1. The van der Waals surface area contributed by atoms with Gasteiger partial charge < -0.3 is 9.84 Å². The summed E-state index contributed by atoms with van der Waals surface area (Å²) in [7, 11) is 0. The van der Waals surface area contributed by atoms with E-state index >= 15 is 0 Å². The minimum absolute atomic E-state index is 0.366. The molecule has 1 N–H and O–H groups in total. The van der Waals surface area contributed by atoms with E-state index in [2.05, 4.69) is 23.2 Å². The zero-order valence-corrected chi connectivity index (χ0v) is 15.7. The molecule has 0 amide bonds. The minimum atomic E-state index is -0.878. The number of carboxylic acids is 1.